The van der Waals surface area contributed by atoms with Crippen LogP contribution in [0.25, 0.3) is 0 Å². The second-order valence-corrected chi connectivity index (χ2v) is 5.91. The molecule has 1 amide bonds. The molecule has 0 bridgehead atoms. The van der Waals surface area contributed by atoms with Gasteiger partial charge in [-0.25, -0.2) is 0 Å². The molecule has 0 atom stereocenters. The average Bonchev–Trinajstić information content (AvgIpc) is 2.76. The van der Waals surface area contributed by atoms with E-state index in [4.69, 9.17) is 5.73 Å². The molecular weight excluding hydrogens is 236 g/mol. The van der Waals surface area contributed by atoms with Crippen LogP contribution < -0.4 is 5.73 Å². The number of anilines is 1. The molecule has 0 aromatic carbocycles. The summed E-state index contributed by atoms with van der Waals surface area (Å²) >= 11 is 1.16. The quantitative estimate of drug-likeness (QED) is 0.873. The van der Waals surface area contributed by atoms with E-state index in [1.165, 1.54) is 6.42 Å². The van der Waals surface area contributed by atoms with Gasteiger partial charge in [-0.05, 0) is 18.3 Å². The summed E-state index contributed by atoms with van der Waals surface area (Å²) < 4.78 is 0. The third kappa shape index (κ3) is 2.57. The summed E-state index contributed by atoms with van der Waals surface area (Å²) in [5, 5.41) is 8.23. The molecule has 1 aliphatic heterocycles. The number of nitrogens with zero attached hydrogens (tertiary/aromatic N) is 3. The van der Waals surface area contributed by atoms with E-state index in [9.17, 15) is 4.79 Å². The van der Waals surface area contributed by atoms with Gasteiger partial charge in [0.1, 0.15) is 0 Å². The van der Waals surface area contributed by atoms with Gasteiger partial charge in [0.15, 0.2) is 0 Å². The van der Waals surface area contributed by atoms with Crippen LogP contribution >= 0.6 is 11.3 Å². The van der Waals surface area contributed by atoms with E-state index in [1.807, 2.05) is 4.90 Å². The summed E-state index contributed by atoms with van der Waals surface area (Å²) in [6.07, 6.45) is 3.29. The Labute approximate surface area is 105 Å². The smallest absolute Gasteiger partial charge is 0.284 e. The predicted octanol–water partition coefficient (Wildman–Crippen LogP) is 1.77. The van der Waals surface area contributed by atoms with Crippen LogP contribution in [-0.4, -0.2) is 34.1 Å². The summed E-state index contributed by atoms with van der Waals surface area (Å²) in [6, 6.07) is 0. The van der Waals surface area contributed by atoms with Crippen molar-refractivity contribution in [2.24, 2.45) is 5.41 Å². The number of rotatable bonds is 2. The van der Waals surface area contributed by atoms with Crippen molar-refractivity contribution in [1.82, 2.24) is 15.1 Å². The molecule has 1 aromatic rings. The second kappa shape index (κ2) is 4.60. The van der Waals surface area contributed by atoms with Gasteiger partial charge in [-0.15, -0.1) is 10.2 Å². The van der Waals surface area contributed by atoms with E-state index in [-0.39, 0.29) is 5.91 Å². The van der Waals surface area contributed by atoms with E-state index < -0.39 is 0 Å². The van der Waals surface area contributed by atoms with Crippen molar-refractivity contribution in [2.45, 2.75) is 33.1 Å². The summed E-state index contributed by atoms with van der Waals surface area (Å²) in [6.45, 7) is 6.12. The molecule has 2 rings (SSSR count). The van der Waals surface area contributed by atoms with E-state index in [0.717, 1.165) is 37.3 Å². The van der Waals surface area contributed by atoms with Crippen molar-refractivity contribution in [2.75, 3.05) is 18.8 Å². The molecular formula is C11H18N4OS. The van der Waals surface area contributed by atoms with Crippen LogP contribution in [0, 0.1) is 5.41 Å². The van der Waals surface area contributed by atoms with Gasteiger partial charge in [-0.1, -0.05) is 31.6 Å². The third-order valence-electron chi connectivity index (χ3n) is 3.73. The van der Waals surface area contributed by atoms with Crippen molar-refractivity contribution in [3.05, 3.63) is 5.01 Å². The van der Waals surface area contributed by atoms with Crippen molar-refractivity contribution < 1.29 is 4.79 Å². The number of hydrogen-bond donors (Lipinski definition) is 1. The Morgan fingerprint density at radius 3 is 2.59 bits per heavy atom. The maximum atomic E-state index is 12.1. The van der Waals surface area contributed by atoms with Crippen molar-refractivity contribution in [1.29, 1.82) is 0 Å². The zero-order valence-electron chi connectivity index (χ0n) is 10.3. The molecule has 2 N–H and O–H groups in total. The van der Waals surface area contributed by atoms with E-state index in [0.29, 0.717) is 15.6 Å². The normalized spacial score (nSPS) is 19.3. The monoisotopic (exact) mass is 254 g/mol. The Balaban J connectivity index is 1.99. The number of piperidine rings is 1. The van der Waals surface area contributed by atoms with Crippen molar-refractivity contribution >= 4 is 22.4 Å². The fourth-order valence-corrected chi connectivity index (χ4v) is 2.64. The zero-order chi connectivity index (χ0) is 12.5. The number of aromatic nitrogens is 2. The van der Waals surface area contributed by atoms with Gasteiger partial charge in [0.05, 0.1) is 0 Å². The Morgan fingerprint density at radius 1 is 1.47 bits per heavy atom. The molecule has 0 unspecified atom stereocenters. The Morgan fingerprint density at radius 2 is 2.12 bits per heavy atom. The summed E-state index contributed by atoms with van der Waals surface area (Å²) in [7, 11) is 0. The van der Waals surface area contributed by atoms with Gasteiger partial charge in [-0.2, -0.15) is 0 Å². The number of nitrogen functional groups attached to an aromatic ring is 1. The van der Waals surface area contributed by atoms with E-state index in [1.54, 1.807) is 0 Å². The summed E-state index contributed by atoms with van der Waals surface area (Å²) in [5.74, 6) is -0.0302. The minimum Gasteiger partial charge on any atom is -0.374 e. The van der Waals surface area contributed by atoms with Crippen molar-refractivity contribution in [3.63, 3.8) is 0 Å². The minimum absolute atomic E-state index is 0.0302. The number of carbonyl (C=O) groups is 1. The SMILES string of the molecule is CCC1(C)CCN(C(=O)c2nnc(N)s2)CC1. The highest BCUT2D eigenvalue weighted by molar-refractivity contribution is 7.16. The number of hydrogen-bond acceptors (Lipinski definition) is 5. The van der Waals surface area contributed by atoms with Crippen LogP contribution in [0.4, 0.5) is 5.13 Å². The predicted molar refractivity (Wildman–Crippen MR) is 67.9 cm³/mol. The fraction of sp³-hybridized carbons (Fsp3) is 0.727. The lowest BCUT2D eigenvalue weighted by atomic mass is 9.78. The average molecular weight is 254 g/mol. The van der Waals surface area contributed by atoms with Gasteiger partial charge < -0.3 is 10.6 Å². The van der Waals surface area contributed by atoms with Crippen LogP contribution in [0.15, 0.2) is 0 Å². The Hall–Kier alpha value is -1.17. The van der Waals surface area contributed by atoms with E-state index in [2.05, 4.69) is 24.0 Å². The topological polar surface area (TPSA) is 72.1 Å². The van der Waals surface area contributed by atoms with Gasteiger partial charge in [-0.3, -0.25) is 4.79 Å². The van der Waals surface area contributed by atoms with Crippen molar-refractivity contribution in [3.8, 4) is 0 Å². The second-order valence-electron chi connectivity index (χ2n) is 4.90. The maximum absolute atomic E-state index is 12.1. The molecule has 2 heterocycles. The molecule has 94 valence electrons. The van der Waals surface area contributed by atoms with Crippen LogP contribution in [0.1, 0.15) is 42.9 Å². The maximum Gasteiger partial charge on any atom is 0.284 e. The number of nitrogens with two attached hydrogens (primary N) is 1. The zero-order valence-corrected chi connectivity index (χ0v) is 11.1. The summed E-state index contributed by atoms with van der Waals surface area (Å²) in [4.78, 5) is 13.9. The van der Waals surface area contributed by atoms with Gasteiger partial charge in [0.25, 0.3) is 5.91 Å². The molecule has 0 spiro atoms. The molecule has 0 radical (unpaired) electrons. The highest BCUT2D eigenvalue weighted by Gasteiger charge is 2.31. The van der Waals surface area contributed by atoms with Gasteiger partial charge in [0.2, 0.25) is 10.1 Å². The minimum atomic E-state index is -0.0302. The number of amides is 1. The highest BCUT2D eigenvalue weighted by Crippen LogP contribution is 2.34. The molecule has 1 fully saturated rings. The third-order valence-corrected chi connectivity index (χ3v) is 4.48. The first kappa shape index (κ1) is 12.3. The van der Waals surface area contributed by atoms with Crippen LogP contribution in [0.3, 0.4) is 0 Å². The molecule has 1 aromatic heterocycles. The Bertz CT molecular complexity index is 409. The van der Waals surface area contributed by atoms with Gasteiger partial charge in [0, 0.05) is 13.1 Å². The first-order valence-corrected chi connectivity index (χ1v) is 6.74. The largest absolute Gasteiger partial charge is 0.374 e. The molecule has 0 saturated carbocycles. The first-order valence-electron chi connectivity index (χ1n) is 5.92. The lowest BCUT2D eigenvalue weighted by Crippen LogP contribution is -2.41. The number of likely N-dealkylation sites (tertiary alicyclic amines) is 1. The first-order chi connectivity index (χ1) is 8.04. The lowest BCUT2D eigenvalue weighted by molar-refractivity contribution is 0.0599. The van der Waals surface area contributed by atoms with Crippen LogP contribution in [0.5, 0.6) is 0 Å². The lowest BCUT2D eigenvalue weighted by Gasteiger charge is -2.38. The van der Waals surface area contributed by atoms with E-state index >= 15 is 0 Å². The molecule has 6 heteroatoms. The standard InChI is InChI=1S/C11H18N4OS/c1-3-11(2)4-6-15(7-5-11)9(16)8-13-14-10(12)17-8/h3-7H2,1-2H3,(H2,12,14). The van der Waals surface area contributed by atoms with Crippen LogP contribution in [-0.2, 0) is 0 Å². The molecule has 1 aliphatic rings. The highest BCUT2D eigenvalue weighted by atomic mass is 32.1. The number of carbonyl (C=O) groups excluding carboxylic acids is 1. The fourth-order valence-electron chi connectivity index (χ4n) is 2.06. The Kier molecular flexibility index (Phi) is 3.33. The molecule has 0 aliphatic carbocycles. The molecule has 17 heavy (non-hydrogen) atoms. The summed E-state index contributed by atoms with van der Waals surface area (Å²) in [5.41, 5.74) is 5.87. The molecule has 1 saturated heterocycles. The molecule has 5 nitrogen and oxygen atoms in total. The van der Waals surface area contributed by atoms with Gasteiger partial charge >= 0.3 is 0 Å². The van der Waals surface area contributed by atoms with Crippen LogP contribution in [0.2, 0.25) is 0 Å².